The number of ether oxygens (including phenoxy) is 1. The van der Waals surface area contributed by atoms with Crippen LogP contribution in [0.4, 0.5) is 0 Å². The lowest BCUT2D eigenvalue weighted by Crippen LogP contribution is -2.33. The second-order valence-electron chi connectivity index (χ2n) is 5.06. The Balaban J connectivity index is 2.53. The molecule has 0 radical (unpaired) electrons. The van der Waals surface area contributed by atoms with Gasteiger partial charge in [0.1, 0.15) is 5.75 Å². The fraction of sp³-hybridized carbons (Fsp3) is 0.538. The van der Waals surface area contributed by atoms with Crippen LogP contribution in [0.1, 0.15) is 20.8 Å². The average molecular weight is 286 g/mol. The monoisotopic (exact) mass is 285 g/mol. The third-order valence-corrected chi connectivity index (χ3v) is 3.30. The molecule has 0 aromatic heterocycles. The predicted molar refractivity (Wildman–Crippen MR) is 71.6 cm³/mol. The van der Waals surface area contributed by atoms with Gasteiger partial charge < -0.3 is 10.5 Å². The topological polar surface area (TPSA) is 35.2 Å². The lowest BCUT2D eigenvalue weighted by molar-refractivity contribution is 0.152. The summed E-state index contributed by atoms with van der Waals surface area (Å²) >= 11 is 3.40. The van der Waals surface area contributed by atoms with Gasteiger partial charge in [0.05, 0.1) is 6.61 Å². The summed E-state index contributed by atoms with van der Waals surface area (Å²) in [4.78, 5) is 0. The first kappa shape index (κ1) is 13.5. The van der Waals surface area contributed by atoms with Crippen LogP contribution in [0.15, 0.2) is 28.7 Å². The standard InChI is InChI=1S/C13H20BrNO/c1-13(2,3)10(8-15)9-16-12-6-4-11(14)5-7-12/h4-7,10H,8-9,15H2,1-3H3. The van der Waals surface area contributed by atoms with E-state index in [0.717, 1.165) is 10.2 Å². The fourth-order valence-corrected chi connectivity index (χ4v) is 1.66. The number of nitrogens with two attached hydrogens (primary N) is 1. The molecule has 1 unspecified atom stereocenters. The van der Waals surface area contributed by atoms with E-state index in [2.05, 4.69) is 36.7 Å². The average Bonchev–Trinajstić information content (AvgIpc) is 2.19. The maximum absolute atomic E-state index is 5.76. The molecule has 0 heterocycles. The van der Waals surface area contributed by atoms with Crippen LogP contribution in [0.25, 0.3) is 0 Å². The Morgan fingerprint density at radius 1 is 1.25 bits per heavy atom. The summed E-state index contributed by atoms with van der Waals surface area (Å²) in [5.41, 5.74) is 5.94. The molecule has 0 amide bonds. The molecule has 1 aromatic carbocycles. The highest BCUT2D eigenvalue weighted by molar-refractivity contribution is 9.10. The van der Waals surface area contributed by atoms with Crippen molar-refractivity contribution < 1.29 is 4.74 Å². The molecule has 2 nitrogen and oxygen atoms in total. The summed E-state index contributed by atoms with van der Waals surface area (Å²) in [6.45, 7) is 7.89. The molecular weight excluding hydrogens is 266 g/mol. The Labute approximate surface area is 106 Å². The molecule has 0 spiro atoms. The highest BCUT2D eigenvalue weighted by atomic mass is 79.9. The Bertz CT molecular complexity index is 316. The van der Waals surface area contributed by atoms with Gasteiger partial charge in [-0.1, -0.05) is 36.7 Å². The van der Waals surface area contributed by atoms with Gasteiger partial charge in [-0.05, 0) is 36.2 Å². The minimum absolute atomic E-state index is 0.185. The van der Waals surface area contributed by atoms with Gasteiger partial charge >= 0.3 is 0 Å². The molecule has 0 saturated carbocycles. The molecule has 0 saturated heterocycles. The molecule has 1 atom stereocenters. The van der Waals surface area contributed by atoms with E-state index in [4.69, 9.17) is 10.5 Å². The zero-order valence-corrected chi connectivity index (χ0v) is 11.8. The van der Waals surface area contributed by atoms with Crippen LogP contribution in [0.5, 0.6) is 5.75 Å². The summed E-state index contributed by atoms with van der Waals surface area (Å²) < 4.78 is 6.80. The van der Waals surface area contributed by atoms with E-state index < -0.39 is 0 Å². The van der Waals surface area contributed by atoms with Crippen LogP contribution in [-0.2, 0) is 0 Å². The summed E-state index contributed by atoms with van der Waals surface area (Å²) in [6.07, 6.45) is 0. The Morgan fingerprint density at radius 3 is 2.25 bits per heavy atom. The van der Waals surface area contributed by atoms with E-state index in [1.807, 2.05) is 24.3 Å². The van der Waals surface area contributed by atoms with E-state index in [0.29, 0.717) is 19.1 Å². The van der Waals surface area contributed by atoms with Gasteiger partial charge in [0.25, 0.3) is 0 Å². The summed E-state index contributed by atoms with van der Waals surface area (Å²) in [7, 11) is 0. The second kappa shape index (κ2) is 5.69. The predicted octanol–water partition coefficient (Wildman–Crippen LogP) is 3.45. The third kappa shape index (κ3) is 4.14. The molecule has 0 aliphatic heterocycles. The Hall–Kier alpha value is -0.540. The van der Waals surface area contributed by atoms with Crippen LogP contribution in [0.2, 0.25) is 0 Å². The maximum Gasteiger partial charge on any atom is 0.119 e. The second-order valence-corrected chi connectivity index (χ2v) is 5.98. The van der Waals surface area contributed by atoms with Crippen molar-refractivity contribution in [1.29, 1.82) is 0 Å². The lowest BCUT2D eigenvalue weighted by atomic mass is 9.81. The van der Waals surface area contributed by atoms with Crippen molar-refractivity contribution in [3.8, 4) is 5.75 Å². The Kier molecular flexibility index (Phi) is 4.81. The van der Waals surface area contributed by atoms with Crippen LogP contribution in [-0.4, -0.2) is 13.2 Å². The van der Waals surface area contributed by atoms with Crippen molar-refractivity contribution in [1.82, 2.24) is 0 Å². The number of rotatable bonds is 4. The molecule has 1 rings (SSSR count). The molecule has 0 fully saturated rings. The smallest absolute Gasteiger partial charge is 0.119 e. The van der Waals surface area contributed by atoms with Gasteiger partial charge in [0, 0.05) is 10.4 Å². The minimum Gasteiger partial charge on any atom is -0.493 e. The van der Waals surface area contributed by atoms with Crippen LogP contribution in [0, 0.1) is 11.3 Å². The van der Waals surface area contributed by atoms with Crippen molar-refractivity contribution in [2.75, 3.05) is 13.2 Å². The lowest BCUT2D eigenvalue weighted by Gasteiger charge is -2.29. The SMILES string of the molecule is CC(C)(C)C(CN)COc1ccc(Br)cc1. The van der Waals surface area contributed by atoms with Gasteiger partial charge in [-0.25, -0.2) is 0 Å². The van der Waals surface area contributed by atoms with Gasteiger partial charge in [0.15, 0.2) is 0 Å². The first-order chi connectivity index (χ1) is 7.43. The quantitative estimate of drug-likeness (QED) is 0.920. The zero-order chi connectivity index (χ0) is 12.2. The first-order valence-electron chi connectivity index (χ1n) is 5.52. The summed E-state index contributed by atoms with van der Waals surface area (Å²) in [5.74, 6) is 1.27. The number of halogens is 1. The minimum atomic E-state index is 0.185. The van der Waals surface area contributed by atoms with E-state index >= 15 is 0 Å². The van der Waals surface area contributed by atoms with Crippen molar-refractivity contribution in [3.05, 3.63) is 28.7 Å². The normalized spacial score (nSPS) is 13.6. The molecular formula is C13H20BrNO. The summed E-state index contributed by atoms with van der Waals surface area (Å²) in [6, 6.07) is 7.87. The maximum atomic E-state index is 5.76. The van der Waals surface area contributed by atoms with Gasteiger partial charge in [-0.3, -0.25) is 0 Å². The number of hydrogen-bond acceptors (Lipinski definition) is 2. The molecule has 16 heavy (non-hydrogen) atoms. The van der Waals surface area contributed by atoms with Crippen molar-refractivity contribution in [2.45, 2.75) is 20.8 Å². The van der Waals surface area contributed by atoms with E-state index in [1.165, 1.54) is 0 Å². The highest BCUT2D eigenvalue weighted by Gasteiger charge is 2.23. The Morgan fingerprint density at radius 2 is 1.81 bits per heavy atom. The van der Waals surface area contributed by atoms with Gasteiger partial charge in [-0.2, -0.15) is 0 Å². The molecule has 0 aliphatic rings. The van der Waals surface area contributed by atoms with Crippen LogP contribution < -0.4 is 10.5 Å². The highest BCUT2D eigenvalue weighted by Crippen LogP contribution is 2.26. The van der Waals surface area contributed by atoms with Crippen molar-refractivity contribution >= 4 is 15.9 Å². The van der Waals surface area contributed by atoms with Gasteiger partial charge in [0.2, 0.25) is 0 Å². The molecule has 90 valence electrons. The van der Waals surface area contributed by atoms with Crippen molar-refractivity contribution in [3.63, 3.8) is 0 Å². The zero-order valence-electron chi connectivity index (χ0n) is 10.2. The van der Waals surface area contributed by atoms with Crippen molar-refractivity contribution in [2.24, 2.45) is 17.1 Å². The third-order valence-electron chi connectivity index (χ3n) is 2.77. The molecule has 2 N–H and O–H groups in total. The molecule has 3 heteroatoms. The molecule has 0 aliphatic carbocycles. The van der Waals surface area contributed by atoms with Gasteiger partial charge in [-0.15, -0.1) is 0 Å². The van der Waals surface area contributed by atoms with Crippen LogP contribution >= 0.6 is 15.9 Å². The van der Waals surface area contributed by atoms with E-state index in [-0.39, 0.29) is 5.41 Å². The van der Waals surface area contributed by atoms with E-state index in [1.54, 1.807) is 0 Å². The first-order valence-corrected chi connectivity index (χ1v) is 6.31. The number of hydrogen-bond donors (Lipinski definition) is 1. The fourth-order valence-electron chi connectivity index (χ4n) is 1.40. The largest absolute Gasteiger partial charge is 0.493 e. The number of benzene rings is 1. The van der Waals surface area contributed by atoms with Crippen LogP contribution in [0.3, 0.4) is 0 Å². The molecule has 0 bridgehead atoms. The molecule has 1 aromatic rings. The van der Waals surface area contributed by atoms with E-state index in [9.17, 15) is 0 Å². The summed E-state index contributed by atoms with van der Waals surface area (Å²) in [5, 5.41) is 0.